The first kappa shape index (κ1) is 18.4. The molecule has 8 heteroatoms. The summed E-state index contributed by atoms with van der Waals surface area (Å²) < 4.78 is 43.4. The minimum absolute atomic E-state index is 0.140. The number of ether oxygens (including phenoxy) is 1. The van der Waals surface area contributed by atoms with Crippen LogP contribution < -0.4 is 10.1 Å². The zero-order valence-corrected chi connectivity index (χ0v) is 13.6. The van der Waals surface area contributed by atoms with E-state index >= 15 is 0 Å². The number of nitrogens with zero attached hydrogens (tertiary/aromatic N) is 1. The number of aliphatic hydroxyl groups is 1. The van der Waals surface area contributed by atoms with E-state index in [1.165, 1.54) is 4.90 Å². The van der Waals surface area contributed by atoms with Crippen molar-refractivity contribution >= 4 is 6.03 Å². The van der Waals surface area contributed by atoms with Crippen molar-refractivity contribution in [1.82, 2.24) is 10.2 Å². The maximum Gasteiger partial charge on any atom is 0.417 e. The van der Waals surface area contributed by atoms with E-state index in [0.717, 1.165) is 11.1 Å². The fraction of sp³-hybridized carbons (Fsp3) is 0.562. The molecule has 2 amide bonds. The number of hydrogen-bond donors (Lipinski definition) is 2. The lowest BCUT2D eigenvalue weighted by Crippen LogP contribution is -2.55. The Morgan fingerprint density at radius 3 is 2.50 bits per heavy atom. The van der Waals surface area contributed by atoms with Gasteiger partial charge in [0.2, 0.25) is 0 Å². The highest BCUT2D eigenvalue weighted by atomic mass is 19.4. The number of aryl methyl sites for hydroxylation is 1. The zero-order valence-electron chi connectivity index (χ0n) is 13.6. The number of benzene rings is 1. The number of hydrogen-bond acceptors (Lipinski definition) is 3. The number of alkyl halides is 3. The zero-order chi connectivity index (χ0) is 18.0. The fourth-order valence-electron chi connectivity index (χ4n) is 2.70. The molecule has 0 bridgehead atoms. The van der Waals surface area contributed by atoms with Crippen LogP contribution in [0.5, 0.6) is 5.75 Å². The standard InChI is InChI=1S/C16H21F3N2O3/c1-11-7-12(9-13(8-11)24-2)10-20-14(22)21-5-3-15(23,4-6-21)16(17,18)19/h7-9,23H,3-6,10H2,1-2H3,(H,20,22). The van der Waals surface area contributed by atoms with Gasteiger partial charge in [-0.3, -0.25) is 0 Å². The molecule has 1 heterocycles. The van der Waals surface area contributed by atoms with Crippen molar-refractivity contribution in [2.45, 2.75) is 38.1 Å². The van der Waals surface area contributed by atoms with Crippen molar-refractivity contribution in [3.8, 4) is 5.75 Å². The van der Waals surface area contributed by atoms with Crippen molar-refractivity contribution < 1.29 is 27.8 Å². The van der Waals surface area contributed by atoms with Gasteiger partial charge in [0, 0.05) is 32.5 Å². The van der Waals surface area contributed by atoms with Gasteiger partial charge in [0.15, 0.2) is 5.60 Å². The Morgan fingerprint density at radius 2 is 1.96 bits per heavy atom. The summed E-state index contributed by atoms with van der Waals surface area (Å²) in [6, 6.07) is 5.08. The molecule has 1 fully saturated rings. The van der Waals surface area contributed by atoms with Crippen LogP contribution in [0.15, 0.2) is 18.2 Å². The molecule has 0 atom stereocenters. The molecule has 5 nitrogen and oxygen atoms in total. The van der Waals surface area contributed by atoms with E-state index in [-0.39, 0.29) is 19.6 Å². The molecule has 1 aromatic carbocycles. The molecule has 0 saturated carbocycles. The van der Waals surface area contributed by atoms with Crippen LogP contribution >= 0.6 is 0 Å². The van der Waals surface area contributed by atoms with Gasteiger partial charge in [0.1, 0.15) is 5.75 Å². The summed E-state index contributed by atoms with van der Waals surface area (Å²) in [5.41, 5.74) is -0.885. The maximum atomic E-state index is 12.8. The number of carbonyl (C=O) groups excluding carboxylic acids is 1. The number of methoxy groups -OCH3 is 1. The van der Waals surface area contributed by atoms with E-state index in [1.807, 2.05) is 19.1 Å². The molecule has 0 aromatic heterocycles. The van der Waals surface area contributed by atoms with Crippen LogP contribution in [0.25, 0.3) is 0 Å². The molecule has 0 radical (unpaired) electrons. The Labute approximate surface area is 138 Å². The molecule has 0 spiro atoms. The monoisotopic (exact) mass is 346 g/mol. The lowest BCUT2D eigenvalue weighted by atomic mass is 9.91. The predicted octanol–water partition coefficient (Wildman–Crippen LogP) is 2.60. The SMILES string of the molecule is COc1cc(C)cc(CNC(=O)N2CCC(O)(C(F)(F)F)CC2)c1. The number of rotatable bonds is 3. The first-order chi connectivity index (χ1) is 11.1. The number of halogens is 3. The first-order valence-corrected chi connectivity index (χ1v) is 7.61. The van der Waals surface area contributed by atoms with Gasteiger partial charge in [-0.05, 0) is 30.2 Å². The molecule has 2 N–H and O–H groups in total. The molecular formula is C16H21F3N2O3. The largest absolute Gasteiger partial charge is 0.497 e. The minimum atomic E-state index is -4.67. The smallest absolute Gasteiger partial charge is 0.417 e. The second kappa shape index (κ2) is 6.88. The number of likely N-dealkylation sites (tertiary alicyclic amines) is 1. The lowest BCUT2D eigenvalue weighted by molar-refractivity contribution is -0.271. The molecule has 24 heavy (non-hydrogen) atoms. The topological polar surface area (TPSA) is 61.8 Å². The van der Waals surface area contributed by atoms with Crippen molar-refractivity contribution in [2.24, 2.45) is 0 Å². The second-order valence-electron chi connectivity index (χ2n) is 6.03. The quantitative estimate of drug-likeness (QED) is 0.884. The molecular weight excluding hydrogens is 325 g/mol. The predicted molar refractivity (Wildman–Crippen MR) is 81.8 cm³/mol. The van der Waals surface area contributed by atoms with E-state index in [1.54, 1.807) is 13.2 Å². The summed E-state index contributed by atoms with van der Waals surface area (Å²) in [6.45, 7) is 1.87. The highest BCUT2D eigenvalue weighted by Gasteiger charge is 2.54. The number of amides is 2. The van der Waals surface area contributed by atoms with Gasteiger partial charge in [0.25, 0.3) is 0 Å². The maximum absolute atomic E-state index is 12.8. The number of carbonyl (C=O) groups is 1. The van der Waals surface area contributed by atoms with Crippen LogP contribution in [0.3, 0.4) is 0 Å². The Balaban J connectivity index is 1.90. The van der Waals surface area contributed by atoms with Gasteiger partial charge >= 0.3 is 12.2 Å². The summed E-state index contributed by atoms with van der Waals surface area (Å²) >= 11 is 0. The molecule has 2 rings (SSSR count). The van der Waals surface area contributed by atoms with E-state index in [0.29, 0.717) is 5.75 Å². The summed E-state index contributed by atoms with van der Waals surface area (Å²) in [7, 11) is 1.55. The van der Waals surface area contributed by atoms with Gasteiger partial charge in [-0.2, -0.15) is 13.2 Å². The molecule has 0 unspecified atom stereocenters. The van der Waals surface area contributed by atoms with Crippen LogP contribution in [-0.2, 0) is 6.54 Å². The molecule has 0 aliphatic carbocycles. The summed E-state index contributed by atoms with van der Waals surface area (Å²) in [4.78, 5) is 13.4. The van der Waals surface area contributed by atoms with Crippen molar-refractivity contribution in [3.05, 3.63) is 29.3 Å². The Morgan fingerprint density at radius 1 is 1.33 bits per heavy atom. The van der Waals surface area contributed by atoms with Gasteiger partial charge in [0.05, 0.1) is 7.11 Å². The molecule has 1 aliphatic heterocycles. The molecule has 1 aromatic rings. The van der Waals surface area contributed by atoms with Crippen molar-refractivity contribution in [2.75, 3.05) is 20.2 Å². The number of nitrogens with one attached hydrogen (secondary N) is 1. The summed E-state index contributed by atoms with van der Waals surface area (Å²) in [5, 5.41) is 12.3. The van der Waals surface area contributed by atoms with Crippen LogP contribution in [0, 0.1) is 6.92 Å². The number of piperidine rings is 1. The average Bonchev–Trinajstić information content (AvgIpc) is 2.51. The lowest BCUT2D eigenvalue weighted by Gasteiger charge is -2.39. The van der Waals surface area contributed by atoms with E-state index < -0.39 is 30.7 Å². The number of urea groups is 1. The third-order valence-corrected chi connectivity index (χ3v) is 4.20. The third kappa shape index (κ3) is 4.11. The van der Waals surface area contributed by atoms with Crippen LogP contribution in [0.1, 0.15) is 24.0 Å². The highest BCUT2D eigenvalue weighted by molar-refractivity contribution is 5.74. The molecule has 1 saturated heterocycles. The van der Waals surface area contributed by atoms with Crippen LogP contribution in [-0.4, -0.2) is 48.0 Å². The minimum Gasteiger partial charge on any atom is -0.497 e. The van der Waals surface area contributed by atoms with E-state index in [9.17, 15) is 23.1 Å². The Hall–Kier alpha value is -1.96. The van der Waals surface area contributed by atoms with Crippen LogP contribution in [0.2, 0.25) is 0 Å². The third-order valence-electron chi connectivity index (χ3n) is 4.20. The van der Waals surface area contributed by atoms with Gasteiger partial charge in [-0.1, -0.05) is 6.07 Å². The normalized spacial score (nSPS) is 17.5. The van der Waals surface area contributed by atoms with E-state index in [2.05, 4.69) is 5.32 Å². The fourth-order valence-corrected chi connectivity index (χ4v) is 2.70. The van der Waals surface area contributed by atoms with Gasteiger partial charge < -0.3 is 20.1 Å². The van der Waals surface area contributed by atoms with E-state index in [4.69, 9.17) is 4.74 Å². The highest BCUT2D eigenvalue weighted by Crippen LogP contribution is 2.38. The molecule has 134 valence electrons. The van der Waals surface area contributed by atoms with Gasteiger partial charge in [-0.25, -0.2) is 4.79 Å². The first-order valence-electron chi connectivity index (χ1n) is 7.61. The van der Waals surface area contributed by atoms with Crippen molar-refractivity contribution in [1.29, 1.82) is 0 Å². The summed E-state index contributed by atoms with van der Waals surface area (Å²) in [5.74, 6) is 0.674. The Kier molecular flexibility index (Phi) is 5.27. The Bertz CT molecular complexity index is 597. The van der Waals surface area contributed by atoms with Gasteiger partial charge in [-0.15, -0.1) is 0 Å². The summed E-state index contributed by atoms with van der Waals surface area (Å²) in [6.07, 6.45) is -5.70. The van der Waals surface area contributed by atoms with Crippen LogP contribution in [0.4, 0.5) is 18.0 Å². The molecule has 1 aliphatic rings. The van der Waals surface area contributed by atoms with Crippen molar-refractivity contribution in [3.63, 3.8) is 0 Å². The second-order valence-corrected chi connectivity index (χ2v) is 6.03. The average molecular weight is 346 g/mol.